The third kappa shape index (κ3) is 3.16. The van der Waals surface area contributed by atoms with Crippen LogP contribution in [-0.4, -0.2) is 16.5 Å². The first-order chi connectivity index (χ1) is 9.42. The monoisotopic (exact) mass is 269 g/mol. The number of nitrogens with one attached hydrogen (secondary N) is 1. The molecule has 0 saturated carbocycles. The number of nitrogens with zero attached hydrogens (tertiary/aromatic N) is 2. The Bertz CT molecular complexity index is 649. The van der Waals surface area contributed by atoms with E-state index in [0.29, 0.717) is 0 Å². The number of benzene rings is 1. The molecule has 3 nitrogen and oxygen atoms in total. The van der Waals surface area contributed by atoms with Crippen LogP contribution in [0.3, 0.4) is 0 Å². The van der Waals surface area contributed by atoms with Gasteiger partial charge in [0.1, 0.15) is 0 Å². The summed E-state index contributed by atoms with van der Waals surface area (Å²) in [5, 5.41) is 5.52. The molecule has 4 heteroatoms. The van der Waals surface area contributed by atoms with Crippen molar-refractivity contribution in [2.75, 3.05) is 6.54 Å². The van der Waals surface area contributed by atoms with E-state index in [-0.39, 0.29) is 0 Å². The lowest BCUT2D eigenvalue weighted by Crippen LogP contribution is -2.17. The standard InChI is InChI=1S/C15H15N3S/c1-2-6-15-14(5-1)17-11-12(18-15)10-16-8-7-13-4-3-9-19-13/h1-6,9,11,16H,7-8,10H2. The van der Waals surface area contributed by atoms with Crippen molar-refractivity contribution in [1.82, 2.24) is 15.3 Å². The smallest absolute Gasteiger partial charge is 0.0890 e. The first-order valence-corrected chi connectivity index (χ1v) is 7.23. The van der Waals surface area contributed by atoms with Crippen LogP contribution in [0.1, 0.15) is 10.6 Å². The quantitative estimate of drug-likeness (QED) is 0.723. The van der Waals surface area contributed by atoms with Gasteiger partial charge in [0.2, 0.25) is 0 Å². The van der Waals surface area contributed by atoms with Gasteiger partial charge in [-0.2, -0.15) is 0 Å². The molecular weight excluding hydrogens is 254 g/mol. The molecule has 0 saturated heterocycles. The van der Waals surface area contributed by atoms with Crippen LogP contribution in [0.2, 0.25) is 0 Å². The summed E-state index contributed by atoms with van der Waals surface area (Å²) in [5.74, 6) is 0. The van der Waals surface area contributed by atoms with E-state index in [1.165, 1.54) is 4.88 Å². The third-order valence-electron chi connectivity index (χ3n) is 2.93. The van der Waals surface area contributed by atoms with E-state index in [1.54, 1.807) is 11.3 Å². The highest BCUT2D eigenvalue weighted by atomic mass is 32.1. The molecule has 0 atom stereocenters. The average molecular weight is 269 g/mol. The maximum Gasteiger partial charge on any atom is 0.0890 e. The molecule has 0 unspecified atom stereocenters. The number of thiophene rings is 1. The molecule has 96 valence electrons. The first kappa shape index (κ1) is 12.3. The summed E-state index contributed by atoms with van der Waals surface area (Å²) in [5.41, 5.74) is 2.90. The van der Waals surface area contributed by atoms with E-state index in [1.807, 2.05) is 30.5 Å². The second-order valence-corrected chi connectivity index (χ2v) is 5.39. The zero-order valence-electron chi connectivity index (χ0n) is 10.5. The summed E-state index contributed by atoms with van der Waals surface area (Å²) >= 11 is 1.80. The predicted octanol–water partition coefficient (Wildman–Crippen LogP) is 3.02. The summed E-state index contributed by atoms with van der Waals surface area (Å²) in [6, 6.07) is 12.2. The summed E-state index contributed by atoms with van der Waals surface area (Å²) in [6.07, 6.45) is 2.92. The summed E-state index contributed by atoms with van der Waals surface area (Å²) in [7, 11) is 0. The minimum atomic E-state index is 0.767. The van der Waals surface area contributed by atoms with E-state index >= 15 is 0 Å². The van der Waals surface area contributed by atoms with Crippen LogP contribution < -0.4 is 5.32 Å². The Kier molecular flexibility index (Phi) is 3.81. The van der Waals surface area contributed by atoms with Crippen LogP contribution in [0.4, 0.5) is 0 Å². The van der Waals surface area contributed by atoms with Gasteiger partial charge in [-0.05, 0) is 30.0 Å². The Morgan fingerprint density at radius 2 is 1.95 bits per heavy atom. The fourth-order valence-electron chi connectivity index (χ4n) is 1.96. The Hall–Kier alpha value is -1.78. The molecule has 0 aliphatic heterocycles. The van der Waals surface area contributed by atoms with Crippen molar-refractivity contribution < 1.29 is 0 Å². The van der Waals surface area contributed by atoms with Gasteiger partial charge in [0, 0.05) is 18.0 Å². The first-order valence-electron chi connectivity index (χ1n) is 6.35. The van der Waals surface area contributed by atoms with Gasteiger partial charge in [0.25, 0.3) is 0 Å². The maximum absolute atomic E-state index is 4.59. The Balaban J connectivity index is 1.56. The van der Waals surface area contributed by atoms with Crippen molar-refractivity contribution in [3.05, 3.63) is 58.5 Å². The fourth-order valence-corrected chi connectivity index (χ4v) is 2.67. The van der Waals surface area contributed by atoms with E-state index in [0.717, 1.165) is 36.2 Å². The zero-order chi connectivity index (χ0) is 12.9. The van der Waals surface area contributed by atoms with Gasteiger partial charge in [-0.25, -0.2) is 4.98 Å². The second-order valence-electron chi connectivity index (χ2n) is 4.36. The molecule has 0 amide bonds. The third-order valence-corrected chi connectivity index (χ3v) is 3.87. The molecule has 2 heterocycles. The molecule has 3 aromatic rings. The van der Waals surface area contributed by atoms with Gasteiger partial charge in [-0.3, -0.25) is 4.98 Å². The Labute approximate surface area is 116 Å². The Morgan fingerprint density at radius 3 is 2.79 bits per heavy atom. The van der Waals surface area contributed by atoms with E-state index in [4.69, 9.17) is 0 Å². The van der Waals surface area contributed by atoms with Crippen LogP contribution in [0.5, 0.6) is 0 Å². The predicted molar refractivity (Wildman–Crippen MR) is 79.3 cm³/mol. The summed E-state index contributed by atoms with van der Waals surface area (Å²) < 4.78 is 0. The van der Waals surface area contributed by atoms with Crippen molar-refractivity contribution >= 4 is 22.4 Å². The normalized spacial score (nSPS) is 10.9. The number of aromatic nitrogens is 2. The van der Waals surface area contributed by atoms with Gasteiger partial charge in [0.05, 0.1) is 22.9 Å². The van der Waals surface area contributed by atoms with Crippen molar-refractivity contribution in [2.24, 2.45) is 0 Å². The topological polar surface area (TPSA) is 37.8 Å². The summed E-state index contributed by atoms with van der Waals surface area (Å²) in [6.45, 7) is 1.73. The number of hydrogen-bond acceptors (Lipinski definition) is 4. The van der Waals surface area contributed by atoms with Crippen LogP contribution in [0.25, 0.3) is 11.0 Å². The number of hydrogen-bond donors (Lipinski definition) is 1. The zero-order valence-corrected chi connectivity index (χ0v) is 11.4. The van der Waals surface area contributed by atoms with Crippen molar-refractivity contribution in [1.29, 1.82) is 0 Å². The van der Waals surface area contributed by atoms with Crippen LogP contribution in [0.15, 0.2) is 48.0 Å². The van der Waals surface area contributed by atoms with Crippen molar-refractivity contribution in [3.8, 4) is 0 Å². The van der Waals surface area contributed by atoms with Gasteiger partial charge >= 0.3 is 0 Å². The van der Waals surface area contributed by atoms with Crippen molar-refractivity contribution in [2.45, 2.75) is 13.0 Å². The van der Waals surface area contributed by atoms with Crippen LogP contribution >= 0.6 is 11.3 Å². The van der Waals surface area contributed by atoms with E-state index in [2.05, 4.69) is 32.8 Å². The number of para-hydroxylation sites is 2. The molecular formula is C15H15N3S. The van der Waals surface area contributed by atoms with E-state index in [9.17, 15) is 0 Å². The lowest BCUT2D eigenvalue weighted by molar-refractivity contribution is 0.678. The molecule has 3 rings (SSSR count). The Morgan fingerprint density at radius 1 is 1.05 bits per heavy atom. The molecule has 0 spiro atoms. The molecule has 0 radical (unpaired) electrons. The molecule has 19 heavy (non-hydrogen) atoms. The molecule has 0 aliphatic rings. The van der Waals surface area contributed by atoms with Gasteiger partial charge < -0.3 is 5.32 Å². The molecule has 0 fully saturated rings. The van der Waals surface area contributed by atoms with Gasteiger partial charge in [0.15, 0.2) is 0 Å². The maximum atomic E-state index is 4.59. The van der Waals surface area contributed by atoms with Crippen molar-refractivity contribution in [3.63, 3.8) is 0 Å². The molecule has 0 bridgehead atoms. The highest BCUT2D eigenvalue weighted by Gasteiger charge is 1.99. The van der Waals surface area contributed by atoms with Gasteiger partial charge in [-0.15, -0.1) is 11.3 Å². The highest BCUT2D eigenvalue weighted by molar-refractivity contribution is 7.09. The minimum absolute atomic E-state index is 0.767. The SMILES string of the molecule is c1csc(CCNCc2cnc3ccccc3n2)c1. The fraction of sp³-hybridized carbons (Fsp3) is 0.200. The lowest BCUT2D eigenvalue weighted by atomic mass is 10.3. The van der Waals surface area contributed by atoms with Gasteiger partial charge in [-0.1, -0.05) is 18.2 Å². The molecule has 2 aromatic heterocycles. The lowest BCUT2D eigenvalue weighted by Gasteiger charge is -2.04. The highest BCUT2D eigenvalue weighted by Crippen LogP contribution is 2.09. The van der Waals surface area contributed by atoms with E-state index < -0.39 is 0 Å². The number of rotatable bonds is 5. The molecule has 0 aliphatic carbocycles. The summed E-state index contributed by atoms with van der Waals surface area (Å²) in [4.78, 5) is 10.4. The minimum Gasteiger partial charge on any atom is -0.311 e. The average Bonchev–Trinajstić information content (AvgIpc) is 2.97. The van der Waals surface area contributed by atoms with Crippen LogP contribution in [-0.2, 0) is 13.0 Å². The largest absolute Gasteiger partial charge is 0.311 e. The number of fused-ring (bicyclic) bond motifs is 1. The van der Waals surface area contributed by atoms with Crippen LogP contribution in [0, 0.1) is 0 Å². The molecule has 1 N–H and O–H groups in total. The second kappa shape index (κ2) is 5.91. The molecule has 1 aromatic carbocycles.